The zero-order valence-corrected chi connectivity index (χ0v) is 15.4. The van der Waals surface area contributed by atoms with Gasteiger partial charge in [-0.1, -0.05) is 31.2 Å². The van der Waals surface area contributed by atoms with Gasteiger partial charge in [-0.15, -0.1) is 0 Å². The third-order valence-electron chi connectivity index (χ3n) is 3.92. The first kappa shape index (κ1) is 20.0. The van der Waals surface area contributed by atoms with Crippen molar-refractivity contribution in [2.75, 3.05) is 11.1 Å². The molecule has 26 heavy (non-hydrogen) atoms. The molecular formula is C20H22FNO3S. The molecule has 0 aliphatic rings. The van der Waals surface area contributed by atoms with Crippen molar-refractivity contribution in [3.8, 4) is 0 Å². The molecule has 0 aliphatic heterocycles. The third-order valence-corrected chi connectivity index (χ3v) is 4.95. The average Bonchev–Trinajstić information content (AvgIpc) is 2.61. The van der Waals surface area contributed by atoms with Gasteiger partial charge >= 0.3 is 5.97 Å². The summed E-state index contributed by atoms with van der Waals surface area (Å²) in [6.45, 7) is 1.92. The quantitative estimate of drug-likeness (QED) is 0.625. The van der Waals surface area contributed by atoms with E-state index in [2.05, 4.69) is 5.32 Å². The van der Waals surface area contributed by atoms with Gasteiger partial charge in [-0.25, -0.2) is 4.39 Å². The molecule has 0 aromatic heterocycles. The lowest BCUT2D eigenvalue weighted by Crippen LogP contribution is -2.20. The molecule has 138 valence electrons. The van der Waals surface area contributed by atoms with Gasteiger partial charge in [-0.3, -0.25) is 9.59 Å². The number of carbonyl (C=O) groups is 2. The average molecular weight is 375 g/mol. The number of hydrogen-bond acceptors (Lipinski definition) is 3. The number of rotatable bonds is 9. The Morgan fingerprint density at radius 1 is 1.19 bits per heavy atom. The van der Waals surface area contributed by atoms with Gasteiger partial charge in [0.1, 0.15) is 5.82 Å². The molecule has 2 rings (SSSR count). The first-order chi connectivity index (χ1) is 12.5. The molecule has 0 radical (unpaired) electrons. The Bertz CT molecular complexity index is 749. The fourth-order valence-electron chi connectivity index (χ4n) is 2.59. The lowest BCUT2D eigenvalue weighted by molar-refractivity contribution is -0.136. The van der Waals surface area contributed by atoms with Crippen molar-refractivity contribution in [1.29, 1.82) is 0 Å². The molecule has 0 heterocycles. The number of anilines is 1. The molecule has 0 spiro atoms. The summed E-state index contributed by atoms with van der Waals surface area (Å²) < 4.78 is 13.1. The van der Waals surface area contributed by atoms with Crippen molar-refractivity contribution in [2.24, 2.45) is 0 Å². The van der Waals surface area contributed by atoms with Gasteiger partial charge in [0.05, 0.1) is 12.3 Å². The van der Waals surface area contributed by atoms with Crippen molar-refractivity contribution in [3.05, 3.63) is 65.5 Å². The molecule has 4 nitrogen and oxygen atoms in total. The van der Waals surface area contributed by atoms with Crippen molar-refractivity contribution < 1.29 is 19.1 Å². The predicted octanol–water partition coefficient (Wildman–Crippen LogP) is 4.67. The minimum absolute atomic E-state index is 0.130. The number of aliphatic carboxylic acids is 1. The highest BCUT2D eigenvalue weighted by Crippen LogP contribution is 2.23. The van der Waals surface area contributed by atoms with Crippen LogP contribution in [-0.2, 0) is 15.3 Å². The Kier molecular flexibility index (Phi) is 7.66. The topological polar surface area (TPSA) is 66.4 Å². The number of hydrogen-bond donors (Lipinski definition) is 2. The first-order valence-electron chi connectivity index (χ1n) is 8.44. The van der Waals surface area contributed by atoms with Gasteiger partial charge < -0.3 is 10.4 Å². The number of halogens is 1. The van der Waals surface area contributed by atoms with Crippen LogP contribution in [0.2, 0.25) is 0 Å². The van der Waals surface area contributed by atoms with Crippen LogP contribution in [-0.4, -0.2) is 22.7 Å². The molecule has 0 bridgehead atoms. The van der Waals surface area contributed by atoms with Crippen LogP contribution < -0.4 is 5.32 Å². The van der Waals surface area contributed by atoms with Crippen LogP contribution in [0.1, 0.15) is 36.8 Å². The van der Waals surface area contributed by atoms with E-state index in [0.29, 0.717) is 23.6 Å². The van der Waals surface area contributed by atoms with Crippen LogP contribution >= 0.6 is 11.8 Å². The molecule has 2 aromatic carbocycles. The molecule has 1 amide bonds. The van der Waals surface area contributed by atoms with Gasteiger partial charge in [0.2, 0.25) is 5.91 Å². The van der Waals surface area contributed by atoms with Crippen LogP contribution in [0, 0.1) is 5.82 Å². The number of carboxylic acid groups (broad SMARTS) is 1. The molecule has 1 unspecified atom stereocenters. The highest BCUT2D eigenvalue weighted by atomic mass is 32.2. The third kappa shape index (κ3) is 6.19. The first-order valence-corrected chi connectivity index (χ1v) is 9.60. The molecule has 2 aromatic rings. The van der Waals surface area contributed by atoms with Gasteiger partial charge in [-0.05, 0) is 41.8 Å². The Morgan fingerprint density at radius 2 is 1.92 bits per heavy atom. The molecule has 1 atom stereocenters. The monoisotopic (exact) mass is 375 g/mol. The maximum atomic E-state index is 13.1. The molecule has 0 fully saturated rings. The second-order valence-electron chi connectivity index (χ2n) is 5.90. The number of amides is 1. The largest absolute Gasteiger partial charge is 0.481 e. The maximum absolute atomic E-state index is 13.1. The number of thioether (sulfide) groups is 1. The highest BCUT2D eigenvalue weighted by molar-refractivity contribution is 7.98. The van der Waals surface area contributed by atoms with E-state index in [-0.39, 0.29) is 24.1 Å². The molecule has 0 aliphatic carbocycles. The fraction of sp³-hybridized carbons (Fsp3) is 0.300. The molecule has 2 N–H and O–H groups in total. The predicted molar refractivity (Wildman–Crippen MR) is 103 cm³/mol. The number of nitrogens with one attached hydrogen (secondary N) is 1. The fourth-order valence-corrected chi connectivity index (χ4v) is 3.46. The molecule has 0 saturated carbocycles. The van der Waals surface area contributed by atoms with Crippen LogP contribution in [0.3, 0.4) is 0 Å². The maximum Gasteiger partial charge on any atom is 0.304 e. The Morgan fingerprint density at radius 3 is 2.58 bits per heavy atom. The van der Waals surface area contributed by atoms with Crippen molar-refractivity contribution in [3.63, 3.8) is 0 Å². The molecule has 6 heteroatoms. The van der Waals surface area contributed by atoms with Crippen LogP contribution in [0.4, 0.5) is 10.1 Å². The summed E-state index contributed by atoms with van der Waals surface area (Å²) in [6.07, 6.45) is 0.749. The van der Waals surface area contributed by atoms with Crippen molar-refractivity contribution >= 4 is 29.3 Å². The van der Waals surface area contributed by atoms with Crippen molar-refractivity contribution in [1.82, 2.24) is 0 Å². The van der Waals surface area contributed by atoms with Crippen LogP contribution in [0.5, 0.6) is 0 Å². The van der Waals surface area contributed by atoms with E-state index in [1.165, 1.54) is 12.1 Å². The van der Waals surface area contributed by atoms with E-state index in [9.17, 15) is 14.0 Å². The lowest BCUT2D eigenvalue weighted by atomic mass is 9.95. The summed E-state index contributed by atoms with van der Waals surface area (Å²) in [6, 6.07) is 13.5. The van der Waals surface area contributed by atoms with Gasteiger partial charge in [0.15, 0.2) is 0 Å². The van der Waals surface area contributed by atoms with Gasteiger partial charge in [0.25, 0.3) is 0 Å². The van der Waals surface area contributed by atoms with E-state index in [1.807, 2.05) is 31.2 Å². The molecular weight excluding hydrogens is 353 g/mol. The summed E-state index contributed by atoms with van der Waals surface area (Å²) in [5, 5.41) is 11.6. The van der Waals surface area contributed by atoms with E-state index in [4.69, 9.17) is 5.11 Å². The smallest absolute Gasteiger partial charge is 0.304 e. The van der Waals surface area contributed by atoms with E-state index in [0.717, 1.165) is 11.1 Å². The van der Waals surface area contributed by atoms with Gasteiger partial charge in [-0.2, -0.15) is 11.8 Å². The Balaban J connectivity index is 1.98. The van der Waals surface area contributed by atoms with E-state index < -0.39 is 5.97 Å². The molecule has 0 saturated heterocycles. The number of benzene rings is 2. The number of carbonyl (C=O) groups excluding carboxylic acids is 1. The second-order valence-corrected chi connectivity index (χ2v) is 7.00. The van der Waals surface area contributed by atoms with E-state index in [1.54, 1.807) is 23.9 Å². The second kappa shape index (κ2) is 9.97. The minimum atomic E-state index is -0.801. The Labute approximate surface area is 156 Å². The summed E-state index contributed by atoms with van der Waals surface area (Å²) in [5.41, 5.74) is 2.51. The Hall–Kier alpha value is -2.34. The standard InChI is InChI=1S/C20H22FNO3S/c1-2-18(15-6-8-16(21)9-7-15)20(25)22-17-5-3-4-14(12-17)13-26-11-10-19(23)24/h3-9,12,18H,2,10-11,13H2,1H3,(H,22,25)(H,23,24). The summed E-state index contributed by atoms with van der Waals surface area (Å²) >= 11 is 1.54. The minimum Gasteiger partial charge on any atom is -0.481 e. The van der Waals surface area contributed by atoms with Crippen molar-refractivity contribution in [2.45, 2.75) is 31.4 Å². The zero-order chi connectivity index (χ0) is 18.9. The summed E-state index contributed by atoms with van der Waals surface area (Å²) in [7, 11) is 0. The van der Waals surface area contributed by atoms with Crippen LogP contribution in [0.25, 0.3) is 0 Å². The van der Waals surface area contributed by atoms with E-state index >= 15 is 0 Å². The highest BCUT2D eigenvalue weighted by Gasteiger charge is 2.19. The van der Waals surface area contributed by atoms with Crippen LogP contribution in [0.15, 0.2) is 48.5 Å². The number of carboxylic acids is 1. The zero-order valence-electron chi connectivity index (χ0n) is 14.6. The summed E-state index contributed by atoms with van der Waals surface area (Å²) in [4.78, 5) is 23.1. The SMILES string of the molecule is CCC(C(=O)Nc1cccc(CSCCC(=O)O)c1)c1ccc(F)cc1. The normalized spacial score (nSPS) is 11.8. The summed E-state index contributed by atoms with van der Waals surface area (Å²) in [5.74, 6) is -0.360. The van der Waals surface area contributed by atoms with Gasteiger partial charge in [0, 0.05) is 17.2 Å². The lowest BCUT2D eigenvalue weighted by Gasteiger charge is -2.16.